The van der Waals surface area contributed by atoms with Crippen molar-refractivity contribution in [3.8, 4) is 0 Å². The lowest BCUT2D eigenvalue weighted by molar-refractivity contribution is 0.0599. The quantitative estimate of drug-likeness (QED) is 0.890. The minimum absolute atomic E-state index is 0.0248. The molecular weight excluding hydrogens is 330 g/mol. The lowest BCUT2D eigenvalue weighted by atomic mass is 10.1. The van der Waals surface area contributed by atoms with Gasteiger partial charge in [0.25, 0.3) is 5.91 Å². The highest BCUT2D eigenvalue weighted by Gasteiger charge is 2.26. The van der Waals surface area contributed by atoms with Crippen LogP contribution in [0.3, 0.4) is 0 Å². The van der Waals surface area contributed by atoms with Gasteiger partial charge in [-0.05, 0) is 47.0 Å². The van der Waals surface area contributed by atoms with E-state index in [1.165, 1.54) is 0 Å². The molecule has 5 heteroatoms. The normalized spacial score (nSPS) is 20.2. The zero-order valence-electron chi connectivity index (χ0n) is 10.6. The number of nitrogens with zero attached hydrogens (tertiary/aromatic N) is 1. The molecule has 0 spiro atoms. The van der Waals surface area contributed by atoms with E-state index in [-0.39, 0.29) is 18.6 Å². The second-order valence-corrected chi connectivity index (χ2v) is 6.10. The summed E-state index contributed by atoms with van der Waals surface area (Å²) in [5, 5.41) is 10.1. The van der Waals surface area contributed by atoms with E-state index in [0.29, 0.717) is 21.6 Å². The van der Waals surface area contributed by atoms with Crippen LogP contribution in [0.4, 0.5) is 0 Å². The van der Waals surface area contributed by atoms with Gasteiger partial charge in [-0.15, -0.1) is 0 Å². The molecule has 0 radical (unpaired) electrons. The van der Waals surface area contributed by atoms with Crippen LogP contribution in [0.1, 0.15) is 36.0 Å². The molecule has 1 aromatic carbocycles. The fourth-order valence-electron chi connectivity index (χ4n) is 2.45. The minimum Gasteiger partial charge on any atom is -0.394 e. The van der Waals surface area contributed by atoms with Crippen molar-refractivity contribution in [3.63, 3.8) is 0 Å². The Hall–Kier alpha value is -0.580. The van der Waals surface area contributed by atoms with Crippen molar-refractivity contribution in [2.24, 2.45) is 0 Å². The van der Waals surface area contributed by atoms with Crippen LogP contribution in [0.15, 0.2) is 22.7 Å². The van der Waals surface area contributed by atoms with Crippen LogP contribution in [0, 0.1) is 0 Å². The van der Waals surface area contributed by atoms with Gasteiger partial charge in [-0.3, -0.25) is 4.79 Å². The van der Waals surface area contributed by atoms with Gasteiger partial charge in [-0.1, -0.05) is 24.4 Å². The van der Waals surface area contributed by atoms with Gasteiger partial charge in [0.05, 0.1) is 18.2 Å². The molecule has 104 valence electrons. The Kier molecular flexibility index (Phi) is 5.25. The number of hydrogen-bond donors (Lipinski definition) is 1. The van der Waals surface area contributed by atoms with Crippen molar-refractivity contribution in [2.75, 3.05) is 13.2 Å². The Bertz CT molecular complexity index is 467. The first kappa shape index (κ1) is 14.8. The molecule has 0 aromatic heterocycles. The first-order valence-corrected chi connectivity index (χ1v) is 7.67. The Morgan fingerprint density at radius 3 is 2.89 bits per heavy atom. The second kappa shape index (κ2) is 6.73. The van der Waals surface area contributed by atoms with Crippen molar-refractivity contribution in [3.05, 3.63) is 33.3 Å². The molecule has 1 amide bonds. The number of likely N-dealkylation sites (tertiary alicyclic amines) is 1. The lowest BCUT2D eigenvalue weighted by Crippen LogP contribution is -2.42. The zero-order valence-corrected chi connectivity index (χ0v) is 13.0. The van der Waals surface area contributed by atoms with E-state index >= 15 is 0 Å². The molecule has 1 unspecified atom stereocenters. The van der Waals surface area contributed by atoms with Gasteiger partial charge < -0.3 is 10.0 Å². The van der Waals surface area contributed by atoms with Gasteiger partial charge in [-0.2, -0.15) is 0 Å². The van der Waals surface area contributed by atoms with E-state index in [1.807, 2.05) is 0 Å². The number of carbonyl (C=O) groups excluding carboxylic acids is 1. The van der Waals surface area contributed by atoms with Crippen molar-refractivity contribution >= 4 is 33.4 Å². The molecule has 1 atom stereocenters. The predicted molar refractivity (Wildman–Crippen MR) is 79.5 cm³/mol. The molecule has 2 rings (SSSR count). The third-order valence-corrected chi connectivity index (χ3v) is 4.40. The number of halogens is 2. The number of amides is 1. The number of aliphatic hydroxyl groups is 1. The second-order valence-electron chi connectivity index (χ2n) is 4.81. The predicted octanol–water partition coefficient (Wildman–Crippen LogP) is 3.48. The number of rotatable bonds is 2. The Morgan fingerprint density at radius 1 is 1.42 bits per heavy atom. The summed E-state index contributed by atoms with van der Waals surface area (Å²) in [5.74, 6) is -0.0375. The third kappa shape index (κ3) is 3.50. The maximum Gasteiger partial charge on any atom is 0.255 e. The first-order valence-electron chi connectivity index (χ1n) is 6.50. The monoisotopic (exact) mass is 345 g/mol. The lowest BCUT2D eigenvalue weighted by Gasteiger charge is -2.29. The molecule has 0 bridgehead atoms. The van der Waals surface area contributed by atoms with Gasteiger partial charge in [0, 0.05) is 16.0 Å². The summed E-state index contributed by atoms with van der Waals surface area (Å²) in [6, 6.07) is 5.09. The maximum atomic E-state index is 12.6. The van der Waals surface area contributed by atoms with E-state index in [1.54, 1.807) is 23.1 Å². The van der Waals surface area contributed by atoms with Crippen molar-refractivity contribution in [2.45, 2.75) is 31.7 Å². The van der Waals surface area contributed by atoms with Crippen LogP contribution in [-0.4, -0.2) is 35.1 Å². The van der Waals surface area contributed by atoms with Gasteiger partial charge in [0.1, 0.15) is 0 Å². The fraction of sp³-hybridized carbons (Fsp3) is 0.500. The average Bonchev–Trinajstić information content (AvgIpc) is 2.63. The Labute approximate surface area is 126 Å². The Balaban J connectivity index is 2.25. The molecule has 19 heavy (non-hydrogen) atoms. The number of hydrogen-bond acceptors (Lipinski definition) is 2. The van der Waals surface area contributed by atoms with Crippen LogP contribution in [0.5, 0.6) is 0 Å². The first-order chi connectivity index (χ1) is 9.13. The Morgan fingerprint density at radius 2 is 2.21 bits per heavy atom. The largest absolute Gasteiger partial charge is 0.394 e. The van der Waals surface area contributed by atoms with Crippen LogP contribution in [0.2, 0.25) is 5.02 Å². The average molecular weight is 347 g/mol. The van der Waals surface area contributed by atoms with E-state index in [0.717, 1.165) is 25.7 Å². The van der Waals surface area contributed by atoms with Crippen LogP contribution in [-0.2, 0) is 0 Å². The standard InChI is InChI=1S/C14H17BrClNO2/c15-13-8-10(16)5-6-12(13)14(19)17-7-3-1-2-4-11(17)9-18/h5-6,8,11,18H,1-4,7,9H2. The van der Waals surface area contributed by atoms with Gasteiger partial charge in [0.2, 0.25) is 0 Å². The third-order valence-electron chi connectivity index (χ3n) is 3.51. The van der Waals surface area contributed by atoms with Crippen molar-refractivity contribution < 1.29 is 9.90 Å². The molecule has 0 saturated carbocycles. The van der Waals surface area contributed by atoms with E-state index in [9.17, 15) is 9.90 Å². The summed E-state index contributed by atoms with van der Waals surface area (Å²) in [7, 11) is 0. The molecule has 1 saturated heterocycles. The van der Waals surface area contributed by atoms with Crippen LogP contribution in [0.25, 0.3) is 0 Å². The van der Waals surface area contributed by atoms with Crippen molar-refractivity contribution in [1.82, 2.24) is 4.90 Å². The summed E-state index contributed by atoms with van der Waals surface area (Å²) in [6.07, 6.45) is 4.04. The summed E-state index contributed by atoms with van der Waals surface area (Å²) in [5.41, 5.74) is 0.602. The maximum absolute atomic E-state index is 12.6. The summed E-state index contributed by atoms with van der Waals surface area (Å²) in [6.45, 7) is 0.732. The molecule has 3 nitrogen and oxygen atoms in total. The van der Waals surface area contributed by atoms with Gasteiger partial charge in [0.15, 0.2) is 0 Å². The summed E-state index contributed by atoms with van der Waals surface area (Å²) < 4.78 is 0.700. The molecule has 1 N–H and O–H groups in total. The summed E-state index contributed by atoms with van der Waals surface area (Å²) in [4.78, 5) is 14.4. The SMILES string of the molecule is O=C(c1ccc(Cl)cc1Br)N1CCCCCC1CO. The smallest absolute Gasteiger partial charge is 0.255 e. The molecule has 0 aliphatic carbocycles. The van der Waals surface area contributed by atoms with E-state index in [4.69, 9.17) is 11.6 Å². The highest BCUT2D eigenvalue weighted by Crippen LogP contribution is 2.25. The molecule has 1 aliphatic heterocycles. The molecule has 1 aliphatic rings. The van der Waals surface area contributed by atoms with E-state index < -0.39 is 0 Å². The number of benzene rings is 1. The van der Waals surface area contributed by atoms with Crippen LogP contribution < -0.4 is 0 Å². The van der Waals surface area contributed by atoms with Crippen molar-refractivity contribution in [1.29, 1.82) is 0 Å². The topological polar surface area (TPSA) is 40.5 Å². The van der Waals surface area contributed by atoms with E-state index in [2.05, 4.69) is 15.9 Å². The molecule has 1 heterocycles. The highest BCUT2D eigenvalue weighted by molar-refractivity contribution is 9.10. The zero-order chi connectivity index (χ0) is 13.8. The molecular formula is C14H17BrClNO2. The van der Waals surface area contributed by atoms with Crippen LogP contribution >= 0.6 is 27.5 Å². The summed E-state index contributed by atoms with van der Waals surface area (Å²) >= 11 is 9.28. The number of carbonyl (C=O) groups is 1. The highest BCUT2D eigenvalue weighted by atomic mass is 79.9. The number of aliphatic hydroxyl groups excluding tert-OH is 1. The molecule has 1 fully saturated rings. The van der Waals surface area contributed by atoms with Gasteiger partial charge >= 0.3 is 0 Å². The van der Waals surface area contributed by atoms with Gasteiger partial charge in [-0.25, -0.2) is 0 Å². The fourth-order valence-corrected chi connectivity index (χ4v) is 3.30. The minimum atomic E-state index is -0.0717. The molecule has 1 aromatic rings.